The van der Waals surface area contributed by atoms with E-state index in [1.54, 1.807) is 0 Å². The van der Waals surface area contributed by atoms with Crippen LogP contribution in [0.25, 0.3) is 0 Å². The van der Waals surface area contributed by atoms with Gasteiger partial charge in [-0.05, 0) is 38.5 Å². The molecule has 0 aromatic carbocycles. The second-order valence-corrected chi connectivity index (χ2v) is 14.7. The van der Waals surface area contributed by atoms with Crippen LogP contribution >= 0.6 is 73.3 Å². The number of ether oxygens (including phenoxy) is 6. The summed E-state index contributed by atoms with van der Waals surface area (Å²) in [6.07, 6.45) is 13.0. The van der Waals surface area contributed by atoms with Gasteiger partial charge >= 0.3 is 0 Å². The maximum absolute atomic E-state index is 4.83. The van der Waals surface area contributed by atoms with E-state index in [1.165, 1.54) is 0 Å². The van der Waals surface area contributed by atoms with Crippen LogP contribution in [0.1, 0.15) is 119 Å². The molecule has 0 aromatic rings. The molecule has 0 unspecified atom stereocenters. The molecule has 0 aromatic heterocycles. The normalized spacial score (nSPS) is 8.45. The number of unbranched alkanes of at least 4 members (excludes halogenated alkanes) is 6. The van der Waals surface area contributed by atoms with E-state index in [4.69, 9.17) is 28.4 Å². The molecule has 0 amide bonds. The van der Waals surface area contributed by atoms with E-state index in [2.05, 4.69) is 191 Å². The SMILES string of the molecule is CCCCOC(=S)[S-].CCCCOC(=S)[S-].CCCCOC(=S)[S-].CCCCOC(=S)[S-].CCCCOC(=S)[S-].CCCCOC(=S)[S-].[Mo]. The maximum atomic E-state index is 4.83. The van der Waals surface area contributed by atoms with Crippen molar-refractivity contribution in [2.24, 2.45) is 0 Å². The van der Waals surface area contributed by atoms with Crippen molar-refractivity contribution in [3.8, 4) is 0 Å². The number of hydrogen-bond donors (Lipinski definition) is 0. The van der Waals surface area contributed by atoms with E-state index < -0.39 is 0 Å². The summed E-state index contributed by atoms with van der Waals surface area (Å²) in [4.78, 5) is 0. The Morgan fingerprint density at radius 1 is 0.306 bits per heavy atom. The van der Waals surface area contributed by atoms with Crippen molar-refractivity contribution in [3.63, 3.8) is 0 Å². The summed E-state index contributed by atoms with van der Waals surface area (Å²) in [5.74, 6) is 0. The van der Waals surface area contributed by atoms with Gasteiger partial charge < -0.3 is 178 Å². The molecule has 0 aliphatic carbocycles. The van der Waals surface area contributed by atoms with E-state index >= 15 is 0 Å². The molecule has 6 nitrogen and oxygen atoms in total. The Hall–Kier alpha value is 1.35. The first-order valence-electron chi connectivity index (χ1n) is 15.6. The van der Waals surface area contributed by atoms with E-state index in [0.29, 0.717) is 39.6 Å². The smallest absolute Gasteiger partial charge is 0.0858 e. The van der Waals surface area contributed by atoms with Crippen molar-refractivity contribution in [2.45, 2.75) is 119 Å². The van der Waals surface area contributed by atoms with Crippen molar-refractivity contribution in [2.75, 3.05) is 39.6 Å². The molecule has 0 heterocycles. The number of hydrogen-bond acceptors (Lipinski definition) is 18. The van der Waals surface area contributed by atoms with Gasteiger partial charge in [0.2, 0.25) is 0 Å². The predicted molar refractivity (Wildman–Crippen MR) is 245 cm³/mol. The van der Waals surface area contributed by atoms with Gasteiger partial charge in [0.1, 0.15) is 0 Å². The third-order valence-electron chi connectivity index (χ3n) is 4.31. The topological polar surface area (TPSA) is 55.4 Å². The minimum absolute atomic E-state index is 0. The summed E-state index contributed by atoms with van der Waals surface area (Å²) in [6.45, 7) is 16.6. The van der Waals surface area contributed by atoms with Crippen LogP contribution in [-0.4, -0.2) is 65.9 Å². The average Bonchev–Trinajstić information content (AvgIpc) is 2.99. The maximum Gasteiger partial charge on any atom is 0.0858 e. The summed E-state index contributed by atoms with van der Waals surface area (Å²) >= 11 is 54.0. The van der Waals surface area contributed by atoms with Crippen molar-refractivity contribution in [3.05, 3.63) is 0 Å². The van der Waals surface area contributed by atoms with Gasteiger partial charge in [0.05, 0.1) is 39.6 Å². The monoisotopic (exact) mass is 992 g/mol. The molecule has 294 valence electrons. The zero-order valence-electron chi connectivity index (χ0n) is 29.5. The van der Waals surface area contributed by atoms with Gasteiger partial charge in [-0.3, -0.25) is 0 Å². The van der Waals surface area contributed by atoms with Crippen LogP contribution < -0.4 is 0 Å². The van der Waals surface area contributed by atoms with E-state index in [9.17, 15) is 0 Å². The Bertz CT molecular complexity index is 599. The fourth-order valence-electron chi connectivity index (χ4n) is 1.80. The fraction of sp³-hybridized carbons (Fsp3) is 0.800. The van der Waals surface area contributed by atoms with Crippen LogP contribution in [0, 0.1) is 0 Å². The standard InChI is InChI=1S/6C5H10OS2.Mo/c6*1-2-3-4-6-5(7)8;/h6*2-4H2,1H3,(H,7,8);/p-6. The molecule has 0 N–H and O–H groups in total. The molecular formula is C30H54MoO6S12-6. The van der Waals surface area contributed by atoms with E-state index in [-0.39, 0.29) is 47.4 Å². The molecule has 0 saturated heterocycles. The van der Waals surface area contributed by atoms with Crippen LogP contribution in [0.15, 0.2) is 0 Å². The zero-order valence-corrected chi connectivity index (χ0v) is 41.3. The predicted octanol–water partition coefficient (Wildman–Crippen LogP) is 9.81. The minimum Gasteiger partial charge on any atom is -0.514 e. The van der Waals surface area contributed by atoms with Crippen LogP contribution in [-0.2, 0) is 125 Å². The second-order valence-electron chi connectivity index (χ2n) is 8.71. The van der Waals surface area contributed by atoms with Gasteiger partial charge in [0.25, 0.3) is 0 Å². The quantitative estimate of drug-likeness (QED) is 0.0567. The van der Waals surface area contributed by atoms with E-state index in [1.807, 2.05) is 0 Å². The summed E-state index contributed by atoms with van der Waals surface area (Å²) in [5.41, 5.74) is 0. The van der Waals surface area contributed by atoms with Gasteiger partial charge in [0, 0.05) is 47.4 Å². The van der Waals surface area contributed by atoms with Gasteiger partial charge in [-0.25, -0.2) is 0 Å². The van der Waals surface area contributed by atoms with E-state index in [0.717, 1.165) is 77.0 Å². The molecule has 49 heavy (non-hydrogen) atoms. The molecule has 0 aliphatic rings. The van der Waals surface area contributed by atoms with Gasteiger partial charge in [-0.15, -0.1) is 0 Å². The number of rotatable bonds is 18. The first-order chi connectivity index (χ1) is 22.6. The molecular weight excluding hydrogens is 937 g/mol. The Morgan fingerprint density at radius 3 is 0.469 bits per heavy atom. The van der Waals surface area contributed by atoms with Crippen molar-refractivity contribution in [1.29, 1.82) is 0 Å². The fourth-order valence-corrected chi connectivity index (χ4v) is 2.80. The second kappa shape index (κ2) is 61.4. The first kappa shape index (κ1) is 65.3. The Kier molecular flexibility index (Phi) is 81.7. The summed E-state index contributed by atoms with van der Waals surface area (Å²) in [5, 5.41) is 0. The molecule has 0 fully saturated rings. The molecule has 0 rings (SSSR count). The van der Waals surface area contributed by atoms with Gasteiger partial charge in [0.15, 0.2) is 0 Å². The van der Waals surface area contributed by atoms with Crippen LogP contribution in [0.3, 0.4) is 0 Å². The van der Waals surface area contributed by atoms with Crippen molar-refractivity contribution < 1.29 is 49.5 Å². The Balaban J connectivity index is -0.0000000860. The molecule has 0 aliphatic heterocycles. The Labute approximate surface area is 379 Å². The van der Waals surface area contributed by atoms with Crippen LogP contribution in [0.5, 0.6) is 0 Å². The molecule has 0 bridgehead atoms. The summed E-state index contributed by atoms with van der Waals surface area (Å²) < 4.78 is 30.4. The molecule has 0 spiro atoms. The average molecular weight is 991 g/mol. The zero-order chi connectivity index (χ0) is 38.4. The number of thiocarbonyl (C=S) groups is 6. The summed E-state index contributed by atoms with van der Waals surface area (Å²) in [7, 11) is 0. The molecule has 0 atom stereocenters. The van der Waals surface area contributed by atoms with Crippen molar-refractivity contribution >= 4 is 175 Å². The van der Waals surface area contributed by atoms with Crippen LogP contribution in [0.2, 0.25) is 0 Å². The third kappa shape index (κ3) is 113. The van der Waals surface area contributed by atoms with Gasteiger partial charge in [-0.2, -0.15) is 0 Å². The largest absolute Gasteiger partial charge is 0.514 e. The molecule has 0 saturated carbocycles. The molecule has 0 radical (unpaired) electrons. The first-order valence-corrected chi connectivity index (χ1v) is 20.5. The minimum atomic E-state index is 0. The van der Waals surface area contributed by atoms with Crippen molar-refractivity contribution in [1.82, 2.24) is 0 Å². The summed E-state index contributed by atoms with van der Waals surface area (Å²) in [6, 6.07) is 0. The van der Waals surface area contributed by atoms with Gasteiger partial charge in [-0.1, -0.05) is 80.1 Å². The van der Waals surface area contributed by atoms with Crippen LogP contribution in [0.4, 0.5) is 0 Å². The molecule has 19 heteroatoms. The Morgan fingerprint density at radius 2 is 0.408 bits per heavy atom. The third-order valence-corrected chi connectivity index (χ3v) is 5.72.